The van der Waals surface area contributed by atoms with Crippen LogP contribution in [0, 0.1) is 0 Å². The van der Waals surface area contributed by atoms with E-state index in [0.29, 0.717) is 37.7 Å². The maximum absolute atomic E-state index is 12.7. The lowest BCUT2D eigenvalue weighted by molar-refractivity contribution is 0.135. The molecule has 0 atom stereocenters. The molecule has 0 unspecified atom stereocenters. The number of aryl methyl sites for hydroxylation is 1. The first kappa shape index (κ1) is 18.1. The quantitative estimate of drug-likeness (QED) is 0.705. The number of hydrogen-bond donors (Lipinski definition) is 1. The maximum atomic E-state index is 12.7. The summed E-state index contributed by atoms with van der Waals surface area (Å²) in [5.41, 5.74) is 7.70. The van der Waals surface area contributed by atoms with E-state index in [0.717, 1.165) is 17.5 Å². The third-order valence-electron chi connectivity index (χ3n) is 3.46. The Morgan fingerprint density at radius 2 is 1.90 bits per heavy atom. The first-order valence-corrected chi connectivity index (χ1v) is 8.84. The van der Waals surface area contributed by atoms with Crippen molar-refractivity contribution in [3.05, 3.63) is 29.3 Å². The van der Waals surface area contributed by atoms with Crippen LogP contribution >= 0.6 is 0 Å². The Kier molecular flexibility index (Phi) is 7.31. The summed E-state index contributed by atoms with van der Waals surface area (Å²) in [6.07, 6.45) is 0.842. The van der Waals surface area contributed by atoms with E-state index in [1.165, 1.54) is 4.31 Å². The van der Waals surface area contributed by atoms with E-state index in [2.05, 4.69) is 0 Å². The molecule has 0 aliphatic rings. The highest BCUT2D eigenvalue weighted by Crippen LogP contribution is 2.20. The Balaban J connectivity index is 3.05. The van der Waals surface area contributed by atoms with Gasteiger partial charge in [-0.1, -0.05) is 19.9 Å². The van der Waals surface area contributed by atoms with Gasteiger partial charge in [0.1, 0.15) is 0 Å². The molecule has 1 rings (SSSR count). The Hall–Kier alpha value is -0.950. The Labute approximate surface area is 128 Å². The Bertz CT molecular complexity index is 544. The lowest BCUT2D eigenvalue weighted by atomic mass is 10.1. The fraction of sp³-hybridized carbons (Fsp3) is 0.600. The number of hydrogen-bond acceptors (Lipinski definition) is 4. The number of ether oxygens (including phenoxy) is 1. The summed E-state index contributed by atoms with van der Waals surface area (Å²) in [6, 6.07) is 5.21. The minimum absolute atomic E-state index is 0.304. The number of sulfonamides is 1. The lowest BCUT2D eigenvalue weighted by Crippen LogP contribution is -2.34. The zero-order valence-electron chi connectivity index (χ0n) is 13.1. The van der Waals surface area contributed by atoms with Crippen LogP contribution in [0.25, 0.3) is 0 Å². The lowest BCUT2D eigenvalue weighted by Gasteiger charge is -2.21. The summed E-state index contributed by atoms with van der Waals surface area (Å²) in [6.45, 7) is 7.86. The molecule has 21 heavy (non-hydrogen) atoms. The molecule has 0 aromatic heterocycles. The van der Waals surface area contributed by atoms with Crippen LogP contribution in [0.5, 0.6) is 0 Å². The molecule has 120 valence electrons. The number of nitrogens with two attached hydrogens (primary N) is 1. The summed E-state index contributed by atoms with van der Waals surface area (Å²) in [4.78, 5) is 0.304. The zero-order valence-corrected chi connectivity index (χ0v) is 13.9. The van der Waals surface area contributed by atoms with Crippen molar-refractivity contribution in [1.29, 1.82) is 0 Å². The Morgan fingerprint density at radius 1 is 1.19 bits per heavy atom. The third kappa shape index (κ3) is 4.51. The van der Waals surface area contributed by atoms with Gasteiger partial charge >= 0.3 is 0 Å². The highest BCUT2D eigenvalue weighted by molar-refractivity contribution is 7.89. The van der Waals surface area contributed by atoms with Gasteiger partial charge in [0.05, 0.1) is 11.5 Å². The molecule has 1 aromatic carbocycles. The van der Waals surface area contributed by atoms with Crippen LogP contribution in [-0.4, -0.2) is 39.0 Å². The van der Waals surface area contributed by atoms with Gasteiger partial charge in [-0.2, -0.15) is 4.31 Å². The van der Waals surface area contributed by atoms with Gasteiger partial charge in [-0.25, -0.2) is 8.42 Å². The molecule has 0 bridgehead atoms. The first-order chi connectivity index (χ1) is 10.0. The van der Waals surface area contributed by atoms with Gasteiger partial charge in [0.25, 0.3) is 0 Å². The van der Waals surface area contributed by atoms with Crippen LogP contribution < -0.4 is 5.73 Å². The van der Waals surface area contributed by atoms with Crippen molar-refractivity contribution < 1.29 is 13.2 Å². The molecule has 0 saturated carbocycles. The highest BCUT2D eigenvalue weighted by Gasteiger charge is 2.23. The van der Waals surface area contributed by atoms with E-state index < -0.39 is 10.0 Å². The van der Waals surface area contributed by atoms with Crippen molar-refractivity contribution in [1.82, 2.24) is 4.31 Å². The van der Waals surface area contributed by atoms with Gasteiger partial charge < -0.3 is 10.5 Å². The largest absolute Gasteiger partial charge is 0.380 e. The molecule has 6 heteroatoms. The van der Waals surface area contributed by atoms with Gasteiger partial charge in [0, 0.05) is 26.2 Å². The Morgan fingerprint density at radius 3 is 2.43 bits per heavy atom. The molecule has 0 radical (unpaired) electrons. The van der Waals surface area contributed by atoms with E-state index in [9.17, 15) is 8.42 Å². The van der Waals surface area contributed by atoms with Gasteiger partial charge in [-0.3, -0.25) is 0 Å². The average Bonchev–Trinajstić information content (AvgIpc) is 2.50. The number of benzene rings is 1. The predicted octanol–water partition coefficient (Wildman–Crippen LogP) is 1.75. The molecule has 0 spiro atoms. The molecule has 2 N–H and O–H groups in total. The SMILES string of the molecule is CCOCCN(CC)S(=O)(=O)c1ccc(CC)c(CN)c1. The molecular formula is C15H26N2O3S. The third-order valence-corrected chi connectivity index (χ3v) is 5.43. The monoisotopic (exact) mass is 314 g/mol. The molecule has 0 fully saturated rings. The summed E-state index contributed by atoms with van der Waals surface area (Å²) in [7, 11) is -3.49. The van der Waals surface area contributed by atoms with Gasteiger partial charge in [0.2, 0.25) is 10.0 Å². The first-order valence-electron chi connectivity index (χ1n) is 7.40. The minimum atomic E-state index is -3.49. The van der Waals surface area contributed by atoms with E-state index in [1.54, 1.807) is 12.1 Å². The normalized spacial score (nSPS) is 12.0. The number of rotatable bonds is 9. The van der Waals surface area contributed by atoms with Gasteiger partial charge in [0.15, 0.2) is 0 Å². The smallest absolute Gasteiger partial charge is 0.243 e. The summed E-state index contributed by atoms with van der Waals surface area (Å²) in [5.74, 6) is 0. The molecule has 1 aromatic rings. The zero-order chi connectivity index (χ0) is 15.9. The standard InChI is InChI=1S/C15H26N2O3S/c1-4-13-7-8-15(11-14(13)12-16)21(18,19)17(5-2)9-10-20-6-3/h7-8,11H,4-6,9-10,12,16H2,1-3H3. The molecule has 0 saturated heterocycles. The highest BCUT2D eigenvalue weighted by atomic mass is 32.2. The maximum Gasteiger partial charge on any atom is 0.243 e. The van der Waals surface area contributed by atoms with Crippen molar-refractivity contribution in [2.75, 3.05) is 26.3 Å². The van der Waals surface area contributed by atoms with E-state index in [-0.39, 0.29) is 0 Å². The van der Waals surface area contributed by atoms with Crippen molar-refractivity contribution in [3.8, 4) is 0 Å². The second-order valence-electron chi connectivity index (χ2n) is 4.68. The van der Waals surface area contributed by atoms with Crippen LogP contribution in [-0.2, 0) is 27.7 Å². The summed E-state index contributed by atoms with van der Waals surface area (Å²) >= 11 is 0. The van der Waals surface area contributed by atoms with Crippen molar-refractivity contribution in [2.24, 2.45) is 5.73 Å². The van der Waals surface area contributed by atoms with Crippen LogP contribution in [0.15, 0.2) is 23.1 Å². The molecule has 0 heterocycles. The van der Waals surface area contributed by atoms with Crippen LogP contribution in [0.4, 0.5) is 0 Å². The van der Waals surface area contributed by atoms with Crippen molar-refractivity contribution in [3.63, 3.8) is 0 Å². The molecular weight excluding hydrogens is 288 g/mol. The van der Waals surface area contributed by atoms with E-state index in [1.807, 2.05) is 26.8 Å². The topological polar surface area (TPSA) is 72.6 Å². The summed E-state index contributed by atoms with van der Waals surface area (Å²) in [5, 5.41) is 0. The van der Waals surface area contributed by atoms with E-state index >= 15 is 0 Å². The molecule has 0 aliphatic carbocycles. The van der Waals surface area contributed by atoms with Crippen molar-refractivity contribution in [2.45, 2.75) is 38.6 Å². The van der Waals surface area contributed by atoms with Gasteiger partial charge in [-0.05, 0) is 36.6 Å². The molecule has 0 amide bonds. The number of likely N-dealkylation sites (N-methyl/N-ethyl adjacent to an activating group) is 1. The molecule has 0 aliphatic heterocycles. The fourth-order valence-electron chi connectivity index (χ4n) is 2.21. The predicted molar refractivity (Wildman–Crippen MR) is 84.6 cm³/mol. The second-order valence-corrected chi connectivity index (χ2v) is 6.62. The summed E-state index contributed by atoms with van der Waals surface area (Å²) < 4.78 is 32.0. The van der Waals surface area contributed by atoms with Crippen LogP contribution in [0.3, 0.4) is 0 Å². The van der Waals surface area contributed by atoms with Crippen molar-refractivity contribution >= 4 is 10.0 Å². The molecule has 5 nitrogen and oxygen atoms in total. The van der Waals surface area contributed by atoms with E-state index in [4.69, 9.17) is 10.5 Å². The average molecular weight is 314 g/mol. The van der Waals surface area contributed by atoms with Crippen LogP contribution in [0.2, 0.25) is 0 Å². The van der Waals surface area contributed by atoms with Gasteiger partial charge in [-0.15, -0.1) is 0 Å². The number of nitrogens with zero attached hydrogens (tertiary/aromatic N) is 1. The fourth-order valence-corrected chi connectivity index (χ4v) is 3.69. The minimum Gasteiger partial charge on any atom is -0.380 e. The second kappa shape index (κ2) is 8.48. The van der Waals surface area contributed by atoms with Crippen LogP contribution in [0.1, 0.15) is 31.9 Å².